The van der Waals surface area contributed by atoms with Crippen molar-refractivity contribution >= 4 is 39.1 Å². The third kappa shape index (κ3) is 6.92. The van der Waals surface area contributed by atoms with Crippen molar-refractivity contribution in [3.8, 4) is 0 Å². The van der Waals surface area contributed by atoms with Crippen molar-refractivity contribution in [3.63, 3.8) is 0 Å². The quantitative estimate of drug-likeness (QED) is 0.519. The number of anilines is 1. The van der Waals surface area contributed by atoms with Crippen LogP contribution in [0.15, 0.2) is 16.7 Å². The van der Waals surface area contributed by atoms with Crippen molar-refractivity contribution in [2.24, 2.45) is 0 Å². The van der Waals surface area contributed by atoms with Crippen LogP contribution in [0.3, 0.4) is 0 Å². The Labute approximate surface area is 128 Å². The van der Waals surface area contributed by atoms with E-state index in [9.17, 15) is 4.79 Å². The smallest absolute Gasteiger partial charge is 0.224 e. The minimum Gasteiger partial charge on any atom is -0.325 e. The average Bonchev–Trinajstić information content (AvgIpc) is 2.38. The Hall–Kier alpha value is -0.610. The fourth-order valence-corrected chi connectivity index (χ4v) is 2.23. The zero-order valence-corrected chi connectivity index (χ0v) is 13.6. The molecule has 0 unspecified atom stereocenters. The minimum absolute atomic E-state index is 0.0338. The van der Waals surface area contributed by atoms with Crippen molar-refractivity contribution in [3.05, 3.63) is 21.9 Å². The summed E-state index contributed by atoms with van der Waals surface area (Å²) in [7, 11) is 0. The number of pyridine rings is 1. The summed E-state index contributed by atoms with van der Waals surface area (Å²) >= 11 is 9.07. The van der Waals surface area contributed by atoms with Crippen LogP contribution in [0.5, 0.6) is 0 Å². The van der Waals surface area contributed by atoms with Gasteiger partial charge in [-0.3, -0.25) is 4.79 Å². The number of aromatic nitrogens is 1. The molecule has 3 nitrogen and oxygen atoms in total. The Morgan fingerprint density at radius 1 is 1.32 bits per heavy atom. The van der Waals surface area contributed by atoms with Gasteiger partial charge in [0.05, 0.1) is 16.4 Å². The van der Waals surface area contributed by atoms with Gasteiger partial charge < -0.3 is 5.32 Å². The number of hydrogen-bond donors (Lipinski definition) is 1. The first-order chi connectivity index (χ1) is 9.13. The summed E-state index contributed by atoms with van der Waals surface area (Å²) in [6.07, 6.45) is 9.21. The zero-order valence-electron chi connectivity index (χ0n) is 11.2. The highest BCUT2D eigenvalue weighted by Crippen LogP contribution is 2.23. The molecule has 0 aliphatic rings. The Morgan fingerprint density at radius 2 is 2.00 bits per heavy atom. The van der Waals surface area contributed by atoms with Gasteiger partial charge in [0.2, 0.25) is 5.91 Å². The summed E-state index contributed by atoms with van der Waals surface area (Å²) in [5.74, 6) is 0.0338. The predicted octanol–water partition coefficient (Wildman–Crippen LogP) is 5.19. The Morgan fingerprint density at radius 3 is 2.68 bits per heavy atom. The van der Waals surface area contributed by atoms with Gasteiger partial charge in [0.25, 0.3) is 0 Å². The normalized spacial score (nSPS) is 10.5. The second-order valence-corrected chi connectivity index (χ2v) is 5.77. The van der Waals surface area contributed by atoms with Crippen LogP contribution in [0.2, 0.25) is 5.15 Å². The van der Waals surface area contributed by atoms with E-state index in [0.717, 1.165) is 12.8 Å². The predicted molar refractivity (Wildman–Crippen MR) is 83.6 cm³/mol. The molecule has 0 aliphatic heterocycles. The van der Waals surface area contributed by atoms with Gasteiger partial charge in [-0.05, 0) is 28.4 Å². The van der Waals surface area contributed by atoms with Crippen LogP contribution in [-0.2, 0) is 4.79 Å². The molecule has 106 valence electrons. The lowest BCUT2D eigenvalue weighted by atomic mass is 10.1. The van der Waals surface area contributed by atoms with E-state index in [-0.39, 0.29) is 5.91 Å². The van der Waals surface area contributed by atoms with Crippen molar-refractivity contribution in [1.82, 2.24) is 4.98 Å². The zero-order chi connectivity index (χ0) is 14.1. The molecule has 1 amide bonds. The van der Waals surface area contributed by atoms with Crippen molar-refractivity contribution in [2.45, 2.75) is 51.9 Å². The lowest BCUT2D eigenvalue weighted by Gasteiger charge is -2.06. The van der Waals surface area contributed by atoms with Gasteiger partial charge in [-0.1, -0.05) is 50.6 Å². The summed E-state index contributed by atoms with van der Waals surface area (Å²) in [5.41, 5.74) is 0.673. The highest BCUT2D eigenvalue weighted by molar-refractivity contribution is 9.10. The molecule has 1 heterocycles. The van der Waals surface area contributed by atoms with Gasteiger partial charge in [0, 0.05) is 6.42 Å². The number of rotatable bonds is 8. The van der Waals surface area contributed by atoms with E-state index < -0.39 is 0 Å². The first kappa shape index (κ1) is 16.4. The van der Waals surface area contributed by atoms with Crippen molar-refractivity contribution in [1.29, 1.82) is 0 Å². The van der Waals surface area contributed by atoms with Crippen LogP contribution in [0.1, 0.15) is 51.9 Å². The van der Waals surface area contributed by atoms with Crippen LogP contribution in [0.25, 0.3) is 0 Å². The molecular formula is C14H20BrClN2O. The fourth-order valence-electron chi connectivity index (χ4n) is 1.78. The largest absolute Gasteiger partial charge is 0.325 e. The summed E-state index contributed by atoms with van der Waals surface area (Å²) in [4.78, 5) is 15.7. The van der Waals surface area contributed by atoms with Gasteiger partial charge in [0.1, 0.15) is 5.15 Å². The summed E-state index contributed by atoms with van der Waals surface area (Å²) in [6.45, 7) is 2.20. The monoisotopic (exact) mass is 346 g/mol. The second kappa shape index (κ2) is 9.32. The highest BCUT2D eigenvalue weighted by Gasteiger charge is 2.05. The maximum atomic E-state index is 11.7. The number of hydrogen-bond acceptors (Lipinski definition) is 2. The number of nitrogens with one attached hydrogen (secondary N) is 1. The maximum Gasteiger partial charge on any atom is 0.224 e. The molecule has 0 saturated heterocycles. The summed E-state index contributed by atoms with van der Waals surface area (Å²) in [6, 6.07) is 1.76. The number of halogens is 2. The molecule has 5 heteroatoms. The molecule has 0 spiro atoms. The van der Waals surface area contributed by atoms with Gasteiger partial charge in [-0.25, -0.2) is 4.98 Å². The molecule has 0 aliphatic carbocycles. The van der Waals surface area contributed by atoms with E-state index in [2.05, 4.69) is 33.2 Å². The van der Waals surface area contributed by atoms with E-state index >= 15 is 0 Å². The molecule has 0 aromatic carbocycles. The minimum atomic E-state index is 0.0338. The van der Waals surface area contributed by atoms with Gasteiger partial charge in [-0.15, -0.1) is 0 Å². The molecule has 0 bridgehead atoms. The molecule has 1 N–H and O–H groups in total. The Bertz CT molecular complexity index is 412. The third-order valence-corrected chi connectivity index (χ3v) is 3.97. The van der Waals surface area contributed by atoms with E-state index in [1.165, 1.54) is 25.7 Å². The fraction of sp³-hybridized carbons (Fsp3) is 0.571. The first-order valence-electron chi connectivity index (χ1n) is 6.74. The van der Waals surface area contributed by atoms with Crippen molar-refractivity contribution < 1.29 is 4.79 Å². The highest BCUT2D eigenvalue weighted by atomic mass is 79.9. The molecular weight excluding hydrogens is 328 g/mol. The van der Waals surface area contributed by atoms with Crippen molar-refractivity contribution in [2.75, 3.05) is 5.32 Å². The molecule has 0 atom stereocenters. The second-order valence-electron chi connectivity index (χ2n) is 4.56. The van der Waals surface area contributed by atoms with Gasteiger partial charge in [-0.2, -0.15) is 0 Å². The summed E-state index contributed by atoms with van der Waals surface area (Å²) in [5, 5.41) is 3.22. The number of nitrogens with zero attached hydrogens (tertiary/aromatic N) is 1. The van der Waals surface area contributed by atoms with E-state index in [1.807, 2.05) is 0 Å². The molecule has 1 rings (SSSR count). The third-order valence-electron chi connectivity index (χ3n) is 2.84. The number of unbranched alkanes of at least 4 members (excludes halogenated alkanes) is 5. The van der Waals surface area contributed by atoms with Crippen LogP contribution < -0.4 is 5.32 Å². The van der Waals surface area contributed by atoms with Gasteiger partial charge in [0.15, 0.2) is 0 Å². The molecule has 1 aromatic rings. The molecule has 0 radical (unpaired) electrons. The van der Waals surface area contributed by atoms with Crippen LogP contribution in [-0.4, -0.2) is 10.9 Å². The Kier molecular flexibility index (Phi) is 8.07. The lowest BCUT2D eigenvalue weighted by molar-refractivity contribution is -0.116. The Balaban J connectivity index is 2.21. The summed E-state index contributed by atoms with van der Waals surface area (Å²) < 4.78 is 0.687. The van der Waals surface area contributed by atoms with E-state index in [4.69, 9.17) is 11.6 Å². The van der Waals surface area contributed by atoms with Crippen LogP contribution in [0.4, 0.5) is 5.69 Å². The SMILES string of the molecule is CCCCCCCCC(=O)Nc1cnc(Cl)c(Br)c1. The van der Waals surface area contributed by atoms with Gasteiger partial charge >= 0.3 is 0 Å². The molecule has 0 fully saturated rings. The standard InChI is InChI=1S/C14H20BrClN2O/c1-2-3-4-5-6-7-8-13(19)18-11-9-12(15)14(16)17-10-11/h9-10H,2-8H2,1H3,(H,18,19). The number of carbonyl (C=O) groups is 1. The maximum absolute atomic E-state index is 11.7. The number of amides is 1. The molecule has 19 heavy (non-hydrogen) atoms. The number of carbonyl (C=O) groups excluding carboxylic acids is 1. The van der Waals surface area contributed by atoms with E-state index in [0.29, 0.717) is 21.7 Å². The van der Waals surface area contributed by atoms with Crippen LogP contribution >= 0.6 is 27.5 Å². The topological polar surface area (TPSA) is 42.0 Å². The average molecular weight is 348 g/mol. The molecule has 0 saturated carbocycles. The lowest BCUT2D eigenvalue weighted by Crippen LogP contribution is -2.11. The first-order valence-corrected chi connectivity index (χ1v) is 7.91. The van der Waals surface area contributed by atoms with E-state index in [1.54, 1.807) is 12.3 Å². The van der Waals surface area contributed by atoms with Crippen LogP contribution in [0, 0.1) is 0 Å². The molecule has 1 aromatic heterocycles.